The Morgan fingerprint density at radius 1 is 1.50 bits per heavy atom. The van der Waals surface area contributed by atoms with E-state index in [-0.39, 0.29) is 5.88 Å². The minimum absolute atomic E-state index is 0.224. The summed E-state index contributed by atoms with van der Waals surface area (Å²) in [7, 11) is 0. The predicted molar refractivity (Wildman–Crippen MR) is 55.9 cm³/mol. The summed E-state index contributed by atoms with van der Waals surface area (Å²) in [6, 6.07) is 5.71. The van der Waals surface area contributed by atoms with Gasteiger partial charge in [0.1, 0.15) is 11.3 Å². The summed E-state index contributed by atoms with van der Waals surface area (Å²) >= 11 is 5.68. The zero-order chi connectivity index (χ0) is 10.1. The van der Waals surface area contributed by atoms with Crippen LogP contribution in [0.3, 0.4) is 0 Å². The third kappa shape index (κ3) is 1.23. The Kier molecular flexibility index (Phi) is 2.30. The van der Waals surface area contributed by atoms with Gasteiger partial charge in [0.2, 0.25) is 0 Å². The number of benzene rings is 1. The maximum absolute atomic E-state index is 10.9. The minimum atomic E-state index is 0.224. The number of alkyl halides is 1. The Labute approximate surface area is 86.5 Å². The van der Waals surface area contributed by atoms with Crippen molar-refractivity contribution in [3.05, 3.63) is 35.1 Å². The van der Waals surface area contributed by atoms with Crippen LogP contribution in [0.25, 0.3) is 11.0 Å². The highest BCUT2D eigenvalue weighted by Crippen LogP contribution is 2.27. The van der Waals surface area contributed by atoms with Crippen molar-refractivity contribution in [2.75, 3.05) is 0 Å². The molecule has 2 aromatic rings. The van der Waals surface area contributed by atoms with Crippen LogP contribution in [0.15, 0.2) is 22.6 Å². The van der Waals surface area contributed by atoms with Crippen molar-refractivity contribution in [2.24, 2.45) is 0 Å². The number of hydrogen-bond acceptors (Lipinski definition) is 2. The SMILES string of the molecule is Cc1cccc2c(C=O)c(CCl)oc12. The number of para-hydroxylation sites is 1. The number of furan rings is 1. The number of hydrogen-bond donors (Lipinski definition) is 0. The van der Waals surface area contributed by atoms with Gasteiger partial charge in [-0.1, -0.05) is 18.2 Å². The molecule has 0 amide bonds. The van der Waals surface area contributed by atoms with E-state index in [9.17, 15) is 4.79 Å². The lowest BCUT2D eigenvalue weighted by atomic mass is 10.1. The van der Waals surface area contributed by atoms with Crippen LogP contribution in [0.5, 0.6) is 0 Å². The van der Waals surface area contributed by atoms with Crippen molar-refractivity contribution >= 4 is 28.9 Å². The first-order valence-electron chi connectivity index (χ1n) is 4.30. The highest BCUT2D eigenvalue weighted by Gasteiger charge is 2.13. The molecule has 0 atom stereocenters. The fraction of sp³-hybridized carbons (Fsp3) is 0.182. The van der Waals surface area contributed by atoms with Crippen LogP contribution in [0.4, 0.5) is 0 Å². The van der Waals surface area contributed by atoms with Crippen molar-refractivity contribution in [3.8, 4) is 0 Å². The van der Waals surface area contributed by atoms with E-state index >= 15 is 0 Å². The molecule has 2 rings (SSSR count). The van der Waals surface area contributed by atoms with Gasteiger partial charge in [-0.2, -0.15) is 0 Å². The van der Waals surface area contributed by atoms with Crippen LogP contribution in [0, 0.1) is 6.92 Å². The topological polar surface area (TPSA) is 30.2 Å². The number of aryl methyl sites for hydroxylation is 1. The van der Waals surface area contributed by atoms with Crippen LogP contribution >= 0.6 is 11.6 Å². The molecule has 0 bridgehead atoms. The second kappa shape index (κ2) is 3.46. The predicted octanol–water partition coefficient (Wildman–Crippen LogP) is 3.29. The van der Waals surface area contributed by atoms with Gasteiger partial charge >= 0.3 is 0 Å². The molecule has 1 aromatic carbocycles. The maximum atomic E-state index is 10.9. The highest BCUT2D eigenvalue weighted by atomic mass is 35.5. The van der Waals surface area contributed by atoms with Gasteiger partial charge in [-0.05, 0) is 12.5 Å². The van der Waals surface area contributed by atoms with E-state index in [4.69, 9.17) is 16.0 Å². The summed E-state index contributed by atoms with van der Waals surface area (Å²) in [5, 5.41) is 0.843. The van der Waals surface area contributed by atoms with E-state index in [0.717, 1.165) is 22.8 Å². The van der Waals surface area contributed by atoms with Gasteiger partial charge in [-0.15, -0.1) is 11.6 Å². The Bertz CT molecular complexity index is 485. The molecular weight excluding hydrogens is 200 g/mol. The van der Waals surface area contributed by atoms with Crippen LogP contribution in [0.1, 0.15) is 21.7 Å². The molecule has 0 saturated carbocycles. The monoisotopic (exact) mass is 208 g/mol. The first-order chi connectivity index (χ1) is 6.77. The average molecular weight is 209 g/mol. The van der Waals surface area contributed by atoms with Crippen molar-refractivity contribution in [3.63, 3.8) is 0 Å². The first kappa shape index (κ1) is 9.28. The number of carbonyl (C=O) groups is 1. The van der Waals surface area contributed by atoms with E-state index < -0.39 is 0 Å². The van der Waals surface area contributed by atoms with E-state index in [2.05, 4.69) is 0 Å². The van der Waals surface area contributed by atoms with Crippen LogP contribution in [0.2, 0.25) is 0 Å². The van der Waals surface area contributed by atoms with E-state index in [0.29, 0.717) is 11.3 Å². The molecule has 0 saturated heterocycles. The van der Waals surface area contributed by atoms with Crippen LogP contribution in [-0.4, -0.2) is 6.29 Å². The number of aldehydes is 1. The van der Waals surface area contributed by atoms with Crippen LogP contribution < -0.4 is 0 Å². The molecule has 0 aliphatic rings. The molecule has 1 aromatic heterocycles. The number of rotatable bonds is 2. The zero-order valence-electron chi connectivity index (χ0n) is 7.71. The molecule has 0 fully saturated rings. The van der Waals surface area contributed by atoms with Gasteiger partial charge in [-0.25, -0.2) is 0 Å². The van der Waals surface area contributed by atoms with Gasteiger partial charge in [0.15, 0.2) is 6.29 Å². The molecule has 0 N–H and O–H groups in total. The minimum Gasteiger partial charge on any atom is -0.459 e. The number of carbonyl (C=O) groups excluding carboxylic acids is 1. The fourth-order valence-corrected chi connectivity index (χ4v) is 1.76. The van der Waals surface area contributed by atoms with Gasteiger partial charge < -0.3 is 4.42 Å². The molecule has 14 heavy (non-hydrogen) atoms. The van der Waals surface area contributed by atoms with Crippen LogP contribution in [-0.2, 0) is 5.88 Å². The summed E-state index contributed by atoms with van der Waals surface area (Å²) in [4.78, 5) is 10.9. The standard InChI is InChI=1S/C11H9ClO2/c1-7-3-2-4-8-9(6-13)10(5-12)14-11(7)8/h2-4,6H,5H2,1H3. The molecule has 2 nitrogen and oxygen atoms in total. The third-order valence-electron chi connectivity index (χ3n) is 2.27. The normalized spacial score (nSPS) is 10.7. The highest BCUT2D eigenvalue weighted by molar-refractivity contribution is 6.17. The molecule has 0 unspecified atom stereocenters. The smallest absolute Gasteiger partial charge is 0.154 e. The lowest BCUT2D eigenvalue weighted by molar-refractivity contribution is 0.112. The van der Waals surface area contributed by atoms with E-state index in [1.165, 1.54) is 0 Å². The molecule has 0 spiro atoms. The zero-order valence-corrected chi connectivity index (χ0v) is 8.47. The number of fused-ring (bicyclic) bond motifs is 1. The Morgan fingerprint density at radius 2 is 2.29 bits per heavy atom. The van der Waals surface area contributed by atoms with Crippen molar-refractivity contribution in [2.45, 2.75) is 12.8 Å². The summed E-state index contributed by atoms with van der Waals surface area (Å²) in [6.45, 7) is 1.94. The molecule has 0 aliphatic heterocycles. The van der Waals surface area contributed by atoms with E-state index in [1.807, 2.05) is 25.1 Å². The summed E-state index contributed by atoms with van der Waals surface area (Å²) in [5.41, 5.74) is 2.34. The Morgan fingerprint density at radius 3 is 2.93 bits per heavy atom. The largest absolute Gasteiger partial charge is 0.459 e. The molecule has 0 aliphatic carbocycles. The second-order valence-electron chi connectivity index (χ2n) is 3.14. The second-order valence-corrected chi connectivity index (χ2v) is 3.41. The number of halogens is 1. The lowest BCUT2D eigenvalue weighted by Crippen LogP contribution is -1.82. The summed E-state index contributed by atoms with van der Waals surface area (Å²) < 4.78 is 5.51. The summed E-state index contributed by atoms with van der Waals surface area (Å²) in [6.07, 6.45) is 0.795. The van der Waals surface area contributed by atoms with Crippen molar-refractivity contribution < 1.29 is 9.21 Å². The first-order valence-corrected chi connectivity index (χ1v) is 4.83. The van der Waals surface area contributed by atoms with Gasteiger partial charge in [0.25, 0.3) is 0 Å². The Balaban J connectivity index is 2.86. The average Bonchev–Trinajstić information content (AvgIpc) is 2.57. The van der Waals surface area contributed by atoms with Gasteiger partial charge in [0, 0.05) is 5.39 Å². The lowest BCUT2D eigenvalue weighted by Gasteiger charge is -1.91. The molecular formula is C11H9ClO2. The molecule has 3 heteroatoms. The van der Waals surface area contributed by atoms with Gasteiger partial charge in [-0.3, -0.25) is 4.79 Å². The quantitative estimate of drug-likeness (QED) is 0.560. The fourth-order valence-electron chi connectivity index (χ4n) is 1.56. The molecule has 1 heterocycles. The Hall–Kier alpha value is -1.28. The maximum Gasteiger partial charge on any atom is 0.154 e. The van der Waals surface area contributed by atoms with Crippen molar-refractivity contribution in [1.29, 1.82) is 0 Å². The van der Waals surface area contributed by atoms with Crippen molar-refractivity contribution in [1.82, 2.24) is 0 Å². The summed E-state index contributed by atoms with van der Waals surface area (Å²) in [5.74, 6) is 0.772. The molecule has 0 radical (unpaired) electrons. The van der Waals surface area contributed by atoms with Gasteiger partial charge in [0.05, 0.1) is 11.4 Å². The van der Waals surface area contributed by atoms with E-state index in [1.54, 1.807) is 0 Å². The molecule has 72 valence electrons. The third-order valence-corrected chi connectivity index (χ3v) is 2.51.